The van der Waals surface area contributed by atoms with Crippen LogP contribution in [0.1, 0.15) is 13.3 Å². The molecule has 0 aliphatic heterocycles. The van der Waals surface area contributed by atoms with Gasteiger partial charge in [0, 0.05) is 12.3 Å². The largest absolute Gasteiger partial charge is 0.328 e. The van der Waals surface area contributed by atoms with Gasteiger partial charge < -0.3 is 5.73 Å². The van der Waals surface area contributed by atoms with Crippen LogP contribution in [0.25, 0.3) is 0 Å². The van der Waals surface area contributed by atoms with E-state index in [1.54, 1.807) is 6.92 Å². The van der Waals surface area contributed by atoms with Gasteiger partial charge in [-0.2, -0.15) is 0 Å². The van der Waals surface area contributed by atoms with Crippen LogP contribution in [0.15, 0.2) is 34.1 Å². The molecule has 0 saturated carbocycles. The van der Waals surface area contributed by atoms with E-state index in [2.05, 4.69) is 0 Å². The third-order valence-corrected chi connectivity index (χ3v) is 5.34. The number of benzene rings is 1. The summed E-state index contributed by atoms with van der Waals surface area (Å²) in [7, 11) is -6.70. The van der Waals surface area contributed by atoms with E-state index in [1.165, 1.54) is 24.3 Å². The molecule has 0 heterocycles. The minimum absolute atomic E-state index is 0.0388. The fourth-order valence-electron chi connectivity index (χ4n) is 1.35. The van der Waals surface area contributed by atoms with Crippen LogP contribution in [0.5, 0.6) is 0 Å². The highest BCUT2D eigenvalue weighted by molar-refractivity contribution is 7.91. The van der Waals surface area contributed by atoms with Crippen molar-refractivity contribution in [1.82, 2.24) is 0 Å². The summed E-state index contributed by atoms with van der Waals surface area (Å²) in [5.74, 6) is -0.0388. The summed E-state index contributed by atoms with van der Waals surface area (Å²) >= 11 is 0. The molecule has 0 aromatic heterocycles. The van der Waals surface area contributed by atoms with Gasteiger partial charge >= 0.3 is 0 Å². The van der Waals surface area contributed by atoms with Crippen LogP contribution >= 0.6 is 0 Å². The Bertz CT molecular complexity index is 601. The van der Waals surface area contributed by atoms with E-state index in [0.717, 1.165) is 6.26 Å². The SMILES string of the molecule is CC(N)CCS(=O)(=O)c1ccc(S(C)(=O)=O)cc1. The van der Waals surface area contributed by atoms with E-state index < -0.39 is 19.7 Å². The van der Waals surface area contributed by atoms with Crippen LogP contribution in [-0.4, -0.2) is 34.9 Å². The molecule has 5 nitrogen and oxygen atoms in total. The zero-order valence-corrected chi connectivity index (χ0v) is 12.0. The molecule has 0 saturated heterocycles. The summed E-state index contributed by atoms with van der Waals surface area (Å²) in [6.45, 7) is 1.74. The molecular formula is C11H17NO4S2. The van der Waals surface area contributed by atoms with Crippen molar-refractivity contribution in [3.63, 3.8) is 0 Å². The number of sulfone groups is 2. The zero-order valence-electron chi connectivity index (χ0n) is 10.3. The first-order valence-electron chi connectivity index (χ1n) is 5.41. The van der Waals surface area contributed by atoms with Crippen molar-refractivity contribution >= 4 is 19.7 Å². The molecule has 1 unspecified atom stereocenters. The fourth-order valence-corrected chi connectivity index (χ4v) is 3.45. The highest BCUT2D eigenvalue weighted by Crippen LogP contribution is 2.16. The Morgan fingerprint density at radius 2 is 1.50 bits per heavy atom. The fraction of sp³-hybridized carbons (Fsp3) is 0.455. The third kappa shape index (κ3) is 4.08. The van der Waals surface area contributed by atoms with Gasteiger partial charge in [-0.3, -0.25) is 0 Å². The zero-order chi connectivity index (χ0) is 14.0. The molecular weight excluding hydrogens is 274 g/mol. The van der Waals surface area contributed by atoms with E-state index in [4.69, 9.17) is 5.73 Å². The first kappa shape index (κ1) is 15.1. The summed E-state index contributed by atoms with van der Waals surface area (Å²) in [6.07, 6.45) is 1.45. The molecule has 0 aliphatic rings. The molecule has 7 heteroatoms. The van der Waals surface area contributed by atoms with Crippen LogP contribution in [0, 0.1) is 0 Å². The second-order valence-electron chi connectivity index (χ2n) is 4.33. The highest BCUT2D eigenvalue weighted by atomic mass is 32.2. The van der Waals surface area contributed by atoms with Crippen molar-refractivity contribution in [2.75, 3.05) is 12.0 Å². The maximum atomic E-state index is 11.9. The van der Waals surface area contributed by atoms with E-state index in [0.29, 0.717) is 6.42 Å². The summed E-state index contributed by atoms with van der Waals surface area (Å²) < 4.78 is 46.3. The van der Waals surface area contributed by atoms with Gasteiger partial charge in [-0.15, -0.1) is 0 Å². The summed E-state index contributed by atoms with van der Waals surface area (Å²) in [4.78, 5) is 0.226. The van der Waals surface area contributed by atoms with Crippen molar-refractivity contribution in [3.8, 4) is 0 Å². The molecule has 0 fully saturated rings. The normalized spacial score (nSPS) is 14.4. The summed E-state index contributed by atoms with van der Waals surface area (Å²) in [5, 5.41) is 0. The van der Waals surface area contributed by atoms with Crippen molar-refractivity contribution in [2.24, 2.45) is 5.73 Å². The highest BCUT2D eigenvalue weighted by Gasteiger charge is 2.16. The molecule has 0 radical (unpaired) electrons. The minimum Gasteiger partial charge on any atom is -0.328 e. The predicted molar refractivity (Wildman–Crippen MR) is 69.9 cm³/mol. The molecule has 1 aromatic rings. The second kappa shape index (κ2) is 5.38. The first-order chi connectivity index (χ1) is 8.13. The molecule has 0 aliphatic carbocycles. The second-order valence-corrected chi connectivity index (χ2v) is 8.45. The van der Waals surface area contributed by atoms with Crippen molar-refractivity contribution in [1.29, 1.82) is 0 Å². The molecule has 1 aromatic carbocycles. The Hall–Kier alpha value is -0.920. The van der Waals surface area contributed by atoms with Gasteiger partial charge in [0.05, 0.1) is 15.5 Å². The molecule has 1 rings (SSSR count). The third-order valence-electron chi connectivity index (χ3n) is 2.45. The lowest BCUT2D eigenvalue weighted by molar-refractivity contribution is 0.586. The van der Waals surface area contributed by atoms with Crippen LogP contribution in [0.4, 0.5) is 0 Å². The number of nitrogens with two attached hydrogens (primary N) is 1. The average Bonchev–Trinajstić information content (AvgIpc) is 2.26. The molecule has 18 heavy (non-hydrogen) atoms. The molecule has 0 bridgehead atoms. The van der Waals surface area contributed by atoms with Gasteiger partial charge in [0.1, 0.15) is 0 Å². The minimum atomic E-state index is -3.39. The summed E-state index contributed by atoms with van der Waals surface area (Å²) in [5.41, 5.74) is 5.52. The molecule has 1 atom stereocenters. The molecule has 0 amide bonds. The average molecular weight is 291 g/mol. The van der Waals surface area contributed by atoms with Gasteiger partial charge in [-0.1, -0.05) is 0 Å². The van der Waals surface area contributed by atoms with Crippen molar-refractivity contribution in [2.45, 2.75) is 29.2 Å². The van der Waals surface area contributed by atoms with Gasteiger partial charge in [0.25, 0.3) is 0 Å². The van der Waals surface area contributed by atoms with Crippen LogP contribution < -0.4 is 5.73 Å². The van der Waals surface area contributed by atoms with E-state index >= 15 is 0 Å². The first-order valence-corrected chi connectivity index (χ1v) is 8.96. The molecule has 2 N–H and O–H groups in total. The Labute approximate surface area is 108 Å². The van der Waals surface area contributed by atoms with E-state index in [1.807, 2.05) is 0 Å². The number of hydrogen-bond acceptors (Lipinski definition) is 5. The standard InChI is InChI=1S/C11H17NO4S2/c1-9(12)7-8-18(15,16)11-5-3-10(4-6-11)17(2,13)14/h3-6,9H,7-8,12H2,1-2H3. The molecule has 0 spiro atoms. The smallest absolute Gasteiger partial charge is 0.178 e. The van der Waals surface area contributed by atoms with Gasteiger partial charge in [-0.05, 0) is 37.6 Å². The Kier molecular flexibility index (Phi) is 4.52. The van der Waals surface area contributed by atoms with E-state index in [-0.39, 0.29) is 21.6 Å². The Morgan fingerprint density at radius 3 is 1.89 bits per heavy atom. The maximum absolute atomic E-state index is 11.9. The maximum Gasteiger partial charge on any atom is 0.178 e. The lowest BCUT2D eigenvalue weighted by atomic mass is 10.3. The quantitative estimate of drug-likeness (QED) is 0.857. The van der Waals surface area contributed by atoms with Crippen molar-refractivity contribution < 1.29 is 16.8 Å². The number of rotatable bonds is 5. The topological polar surface area (TPSA) is 94.3 Å². The van der Waals surface area contributed by atoms with E-state index in [9.17, 15) is 16.8 Å². The van der Waals surface area contributed by atoms with Gasteiger partial charge in [0.2, 0.25) is 0 Å². The lowest BCUT2D eigenvalue weighted by Crippen LogP contribution is -2.20. The predicted octanol–water partition coefficient (Wildman–Crippen LogP) is 0.601. The van der Waals surface area contributed by atoms with Crippen LogP contribution in [0.2, 0.25) is 0 Å². The summed E-state index contributed by atoms with van der Waals surface area (Å²) in [6, 6.07) is 5.04. The molecule has 102 valence electrons. The number of hydrogen-bond donors (Lipinski definition) is 1. The monoisotopic (exact) mass is 291 g/mol. The van der Waals surface area contributed by atoms with Crippen LogP contribution in [-0.2, 0) is 19.7 Å². The lowest BCUT2D eigenvalue weighted by Gasteiger charge is -2.07. The van der Waals surface area contributed by atoms with Gasteiger partial charge in [0.15, 0.2) is 19.7 Å². The Morgan fingerprint density at radius 1 is 1.06 bits per heavy atom. The van der Waals surface area contributed by atoms with Gasteiger partial charge in [-0.25, -0.2) is 16.8 Å². The van der Waals surface area contributed by atoms with Crippen molar-refractivity contribution in [3.05, 3.63) is 24.3 Å². The Balaban J connectivity index is 2.98. The van der Waals surface area contributed by atoms with Crippen LogP contribution in [0.3, 0.4) is 0 Å².